The highest BCUT2D eigenvalue weighted by atomic mass is 19.1. The second kappa shape index (κ2) is 12.3. The lowest BCUT2D eigenvalue weighted by molar-refractivity contribution is -0.123. The minimum Gasteiger partial charge on any atom is -0.489 e. The molecule has 1 N–H and O–H groups in total. The smallest absolute Gasteiger partial charge is 0.277 e. The number of nitrogens with one attached hydrogen (secondary N) is 1. The first-order chi connectivity index (χ1) is 19.1. The molecule has 5 rings (SSSR count). The summed E-state index contributed by atoms with van der Waals surface area (Å²) < 4.78 is 26.1. The van der Waals surface area contributed by atoms with Crippen LogP contribution in [-0.4, -0.2) is 28.5 Å². The number of amides is 1. The Labute approximate surface area is 225 Å². The molecule has 0 bridgehead atoms. The van der Waals surface area contributed by atoms with Gasteiger partial charge in [0, 0.05) is 17.3 Å². The molecule has 194 valence electrons. The molecule has 1 heterocycles. The van der Waals surface area contributed by atoms with Gasteiger partial charge >= 0.3 is 0 Å². The van der Waals surface area contributed by atoms with Crippen molar-refractivity contribution in [2.75, 3.05) is 6.61 Å². The summed E-state index contributed by atoms with van der Waals surface area (Å²) in [5.41, 5.74) is 6.69. The van der Waals surface area contributed by atoms with Crippen molar-refractivity contribution >= 4 is 12.1 Å². The lowest BCUT2D eigenvalue weighted by Crippen LogP contribution is -2.24. The number of hydrogen-bond donors (Lipinski definition) is 1. The van der Waals surface area contributed by atoms with Gasteiger partial charge in [0.15, 0.2) is 6.61 Å². The van der Waals surface area contributed by atoms with Gasteiger partial charge in [-0.05, 0) is 66.2 Å². The Morgan fingerprint density at radius 1 is 0.846 bits per heavy atom. The SMILES string of the molecule is O=C(COc1ccc(F)cc1)N/N=C/c1cn(-c2ccccc2)nc1-c1ccc(OCc2ccccc2)cc1. The highest BCUT2D eigenvalue weighted by Gasteiger charge is 2.12. The molecule has 0 spiro atoms. The van der Waals surface area contributed by atoms with Crippen LogP contribution >= 0.6 is 0 Å². The first-order valence-corrected chi connectivity index (χ1v) is 12.3. The molecule has 0 fully saturated rings. The molecule has 0 saturated carbocycles. The van der Waals surface area contributed by atoms with Gasteiger partial charge < -0.3 is 9.47 Å². The summed E-state index contributed by atoms with van der Waals surface area (Å²) in [6.45, 7) is 0.217. The summed E-state index contributed by atoms with van der Waals surface area (Å²) in [5.74, 6) is 0.303. The van der Waals surface area contributed by atoms with E-state index in [0.29, 0.717) is 23.6 Å². The predicted molar refractivity (Wildman–Crippen MR) is 147 cm³/mol. The monoisotopic (exact) mass is 520 g/mol. The number of para-hydroxylation sites is 1. The number of carbonyl (C=O) groups excluding carboxylic acids is 1. The first kappa shape index (κ1) is 25.4. The topological polar surface area (TPSA) is 77.7 Å². The lowest BCUT2D eigenvalue weighted by Gasteiger charge is -2.07. The van der Waals surface area contributed by atoms with Gasteiger partial charge in [-0.25, -0.2) is 14.5 Å². The van der Waals surface area contributed by atoms with Crippen molar-refractivity contribution in [2.45, 2.75) is 6.61 Å². The van der Waals surface area contributed by atoms with Gasteiger partial charge in [-0.3, -0.25) is 4.79 Å². The third-order valence-corrected chi connectivity index (χ3v) is 5.72. The van der Waals surface area contributed by atoms with Gasteiger partial charge in [-0.1, -0.05) is 48.5 Å². The molecule has 5 aromatic rings. The highest BCUT2D eigenvalue weighted by molar-refractivity contribution is 5.89. The van der Waals surface area contributed by atoms with Gasteiger partial charge in [0.1, 0.15) is 29.6 Å². The van der Waals surface area contributed by atoms with E-state index in [0.717, 1.165) is 22.6 Å². The molecule has 4 aromatic carbocycles. The number of ether oxygens (including phenoxy) is 2. The molecule has 7 nitrogen and oxygen atoms in total. The molecule has 0 atom stereocenters. The number of hydrogen-bond acceptors (Lipinski definition) is 5. The van der Waals surface area contributed by atoms with Crippen LogP contribution < -0.4 is 14.9 Å². The summed E-state index contributed by atoms with van der Waals surface area (Å²) in [4.78, 5) is 12.2. The van der Waals surface area contributed by atoms with Crippen molar-refractivity contribution in [3.05, 3.63) is 132 Å². The summed E-state index contributed by atoms with van der Waals surface area (Å²) in [6, 6.07) is 32.8. The maximum Gasteiger partial charge on any atom is 0.277 e. The Bertz CT molecular complexity index is 1540. The van der Waals surface area contributed by atoms with Gasteiger partial charge in [0.2, 0.25) is 0 Å². The lowest BCUT2D eigenvalue weighted by atomic mass is 10.1. The molecule has 0 unspecified atom stereocenters. The fourth-order valence-corrected chi connectivity index (χ4v) is 3.75. The van der Waals surface area contributed by atoms with Crippen molar-refractivity contribution < 1.29 is 18.7 Å². The fourth-order valence-electron chi connectivity index (χ4n) is 3.75. The van der Waals surface area contributed by atoms with E-state index in [1.54, 1.807) is 4.68 Å². The zero-order valence-electron chi connectivity index (χ0n) is 20.9. The van der Waals surface area contributed by atoms with E-state index in [9.17, 15) is 9.18 Å². The zero-order chi connectivity index (χ0) is 26.9. The number of halogens is 1. The predicted octanol–water partition coefficient (Wildman–Crippen LogP) is 5.79. The Morgan fingerprint density at radius 2 is 1.49 bits per heavy atom. The molecule has 39 heavy (non-hydrogen) atoms. The molecule has 0 aliphatic heterocycles. The Kier molecular flexibility index (Phi) is 8.04. The van der Waals surface area contributed by atoms with Crippen LogP contribution in [0.15, 0.2) is 120 Å². The highest BCUT2D eigenvalue weighted by Crippen LogP contribution is 2.25. The summed E-state index contributed by atoms with van der Waals surface area (Å²) >= 11 is 0. The van der Waals surface area contributed by atoms with Crippen LogP contribution in [0, 0.1) is 5.82 Å². The summed E-state index contributed by atoms with van der Waals surface area (Å²) in [7, 11) is 0. The Hall–Kier alpha value is -5.24. The third kappa shape index (κ3) is 6.95. The summed E-state index contributed by atoms with van der Waals surface area (Å²) in [6.07, 6.45) is 3.38. The number of nitrogens with zero attached hydrogens (tertiary/aromatic N) is 3. The van der Waals surface area contributed by atoms with Gasteiger partial charge in [-0.2, -0.15) is 10.2 Å². The van der Waals surface area contributed by atoms with Crippen LogP contribution in [0.4, 0.5) is 4.39 Å². The second-order valence-corrected chi connectivity index (χ2v) is 8.55. The molecular formula is C31H25FN4O3. The van der Waals surface area contributed by atoms with Crippen molar-refractivity contribution in [3.63, 3.8) is 0 Å². The number of carbonyl (C=O) groups is 1. The average Bonchev–Trinajstić information content (AvgIpc) is 3.41. The van der Waals surface area contributed by atoms with E-state index >= 15 is 0 Å². The van der Waals surface area contributed by atoms with Crippen LogP contribution in [0.3, 0.4) is 0 Å². The van der Waals surface area contributed by atoms with Crippen LogP contribution in [0.2, 0.25) is 0 Å². The van der Waals surface area contributed by atoms with E-state index in [1.807, 2.05) is 91.1 Å². The first-order valence-electron chi connectivity index (χ1n) is 12.3. The molecule has 8 heteroatoms. The van der Waals surface area contributed by atoms with Gasteiger partial charge in [0.25, 0.3) is 5.91 Å². The maximum absolute atomic E-state index is 13.0. The van der Waals surface area contributed by atoms with E-state index in [4.69, 9.17) is 14.6 Å². The van der Waals surface area contributed by atoms with Crippen LogP contribution in [-0.2, 0) is 11.4 Å². The van der Waals surface area contributed by atoms with Crippen LogP contribution in [0.5, 0.6) is 11.5 Å². The standard InChI is InChI=1S/C31H25FN4O3/c32-26-13-17-29(18-14-26)39-22-30(37)34-33-19-25-20-36(27-9-5-2-6-10-27)35-31(25)24-11-15-28(16-12-24)38-21-23-7-3-1-4-8-23/h1-20H,21-22H2,(H,34,37)/b33-19+. The van der Waals surface area contributed by atoms with Crippen molar-refractivity contribution in [1.82, 2.24) is 15.2 Å². The number of aromatic nitrogens is 2. The normalized spacial score (nSPS) is 10.9. The second-order valence-electron chi connectivity index (χ2n) is 8.55. The largest absolute Gasteiger partial charge is 0.489 e. The third-order valence-electron chi connectivity index (χ3n) is 5.72. The van der Waals surface area contributed by atoms with Crippen LogP contribution in [0.25, 0.3) is 16.9 Å². The van der Waals surface area contributed by atoms with E-state index in [2.05, 4.69) is 10.5 Å². The number of hydrazone groups is 1. The molecule has 1 amide bonds. The molecule has 0 radical (unpaired) electrons. The van der Waals surface area contributed by atoms with Crippen molar-refractivity contribution in [1.29, 1.82) is 0 Å². The minimum absolute atomic E-state index is 0.260. The van der Waals surface area contributed by atoms with Crippen LogP contribution in [0.1, 0.15) is 11.1 Å². The number of benzene rings is 4. The number of rotatable bonds is 10. The molecule has 0 saturated heterocycles. The van der Waals surface area contributed by atoms with Crippen molar-refractivity contribution in [2.24, 2.45) is 5.10 Å². The Morgan fingerprint density at radius 3 is 2.21 bits per heavy atom. The minimum atomic E-state index is -0.451. The Balaban J connectivity index is 1.29. The van der Waals surface area contributed by atoms with Gasteiger partial charge in [0.05, 0.1) is 11.9 Å². The van der Waals surface area contributed by atoms with E-state index < -0.39 is 5.91 Å². The molecule has 1 aromatic heterocycles. The fraction of sp³-hybridized carbons (Fsp3) is 0.0645. The maximum atomic E-state index is 13.0. The average molecular weight is 521 g/mol. The van der Waals surface area contributed by atoms with Gasteiger partial charge in [-0.15, -0.1) is 0 Å². The zero-order valence-corrected chi connectivity index (χ0v) is 20.9. The molecule has 0 aliphatic carbocycles. The van der Waals surface area contributed by atoms with E-state index in [1.165, 1.54) is 30.5 Å². The summed E-state index contributed by atoms with van der Waals surface area (Å²) in [5, 5.41) is 8.87. The molecule has 0 aliphatic rings. The van der Waals surface area contributed by atoms with E-state index in [-0.39, 0.29) is 12.4 Å². The van der Waals surface area contributed by atoms with Crippen molar-refractivity contribution in [3.8, 4) is 28.4 Å². The quantitative estimate of drug-likeness (QED) is 0.187. The molecular weight excluding hydrogens is 495 g/mol.